The molecule has 6 heteroatoms. The number of anilines is 1. The molecule has 0 fully saturated rings. The van der Waals surface area contributed by atoms with E-state index in [9.17, 15) is 9.18 Å². The van der Waals surface area contributed by atoms with Crippen molar-refractivity contribution in [3.63, 3.8) is 0 Å². The van der Waals surface area contributed by atoms with Crippen LogP contribution >= 0.6 is 27.3 Å². The second kappa shape index (κ2) is 5.61. The lowest BCUT2D eigenvalue weighted by Gasteiger charge is -2.06. The number of aromatic nitrogens is 1. The fraction of sp³-hybridized carbons (Fsp3) is 0.286. The first kappa shape index (κ1) is 13.7. The summed E-state index contributed by atoms with van der Waals surface area (Å²) >= 11 is 4.57. The van der Waals surface area contributed by atoms with Crippen molar-refractivity contribution in [1.82, 2.24) is 4.98 Å². The van der Waals surface area contributed by atoms with Gasteiger partial charge in [-0.1, -0.05) is 6.07 Å². The van der Waals surface area contributed by atoms with Gasteiger partial charge in [-0.25, -0.2) is 9.37 Å². The fourth-order valence-corrected chi connectivity index (χ4v) is 3.66. The molecule has 0 spiro atoms. The molecule has 1 heterocycles. The number of hydrogen-bond donors (Lipinski definition) is 1. The van der Waals surface area contributed by atoms with Gasteiger partial charge in [0, 0.05) is 4.88 Å². The topological polar surface area (TPSA) is 42.0 Å². The van der Waals surface area contributed by atoms with E-state index in [1.54, 1.807) is 12.1 Å². The molecular formula is C14H12BrFN2OS. The van der Waals surface area contributed by atoms with Crippen molar-refractivity contribution in [2.24, 2.45) is 0 Å². The summed E-state index contributed by atoms with van der Waals surface area (Å²) in [5.41, 5.74) is 1.10. The zero-order valence-corrected chi connectivity index (χ0v) is 13.0. The number of hydrogen-bond acceptors (Lipinski definition) is 3. The minimum Gasteiger partial charge on any atom is -0.298 e. The van der Waals surface area contributed by atoms with Crippen molar-refractivity contribution in [3.05, 3.63) is 44.6 Å². The second-order valence-corrected chi connectivity index (χ2v) is 6.59. The van der Waals surface area contributed by atoms with E-state index < -0.39 is 11.7 Å². The summed E-state index contributed by atoms with van der Waals surface area (Å²) in [4.78, 5) is 17.8. The van der Waals surface area contributed by atoms with E-state index in [2.05, 4.69) is 26.2 Å². The summed E-state index contributed by atoms with van der Waals surface area (Å²) in [5, 5.41) is 3.25. The van der Waals surface area contributed by atoms with E-state index in [1.807, 2.05) is 0 Å². The van der Waals surface area contributed by atoms with E-state index >= 15 is 0 Å². The molecule has 104 valence electrons. The lowest BCUT2D eigenvalue weighted by atomic mass is 10.0. The number of carbonyl (C=O) groups is 1. The smallest absolute Gasteiger partial charge is 0.260 e. The Balaban J connectivity index is 1.82. The number of halogens is 2. The number of nitrogens with one attached hydrogen (secondary N) is 1. The van der Waals surface area contributed by atoms with Crippen LogP contribution in [-0.4, -0.2) is 10.9 Å². The molecule has 1 aromatic heterocycles. The Hall–Kier alpha value is -1.27. The standard InChI is InChI=1S/C14H12BrFN2OS/c15-9-5-3-4-8(12(9)16)13(19)18-14-17-10-6-1-2-7-11(10)20-14/h3-5H,1-2,6-7H2,(H,17,18,19). The first-order chi connectivity index (χ1) is 9.65. The van der Waals surface area contributed by atoms with Crippen LogP contribution in [0.2, 0.25) is 0 Å². The Labute approximate surface area is 128 Å². The summed E-state index contributed by atoms with van der Waals surface area (Å²) in [6.07, 6.45) is 4.30. The van der Waals surface area contributed by atoms with Crippen LogP contribution in [0.3, 0.4) is 0 Å². The molecule has 0 radical (unpaired) electrons. The van der Waals surface area contributed by atoms with E-state index in [0.29, 0.717) is 5.13 Å². The molecule has 1 N–H and O–H groups in total. The lowest BCUT2D eigenvalue weighted by molar-refractivity contribution is 0.102. The maximum Gasteiger partial charge on any atom is 0.260 e. The molecule has 0 atom stereocenters. The molecule has 0 aliphatic heterocycles. The highest BCUT2D eigenvalue weighted by Crippen LogP contribution is 2.30. The minimum atomic E-state index is -0.550. The van der Waals surface area contributed by atoms with Crippen molar-refractivity contribution < 1.29 is 9.18 Å². The Bertz CT molecular complexity index is 648. The molecule has 1 aromatic carbocycles. The van der Waals surface area contributed by atoms with Crippen LogP contribution < -0.4 is 5.32 Å². The van der Waals surface area contributed by atoms with Crippen LogP contribution in [0.25, 0.3) is 0 Å². The third-order valence-corrected chi connectivity index (χ3v) is 4.95. The molecule has 1 aliphatic carbocycles. The SMILES string of the molecule is O=C(Nc1nc2c(s1)CCCC2)c1cccc(Br)c1F. The number of rotatable bonds is 2. The van der Waals surface area contributed by atoms with Crippen molar-refractivity contribution in [3.8, 4) is 0 Å². The quantitative estimate of drug-likeness (QED) is 0.878. The van der Waals surface area contributed by atoms with Crippen LogP contribution in [0.1, 0.15) is 33.8 Å². The van der Waals surface area contributed by atoms with E-state index in [0.717, 1.165) is 25.0 Å². The molecule has 20 heavy (non-hydrogen) atoms. The number of carbonyl (C=O) groups excluding carboxylic acids is 1. The van der Waals surface area contributed by atoms with Crippen molar-refractivity contribution in [1.29, 1.82) is 0 Å². The lowest BCUT2D eigenvalue weighted by Crippen LogP contribution is -2.13. The summed E-state index contributed by atoms with van der Waals surface area (Å²) in [6.45, 7) is 0. The van der Waals surface area contributed by atoms with E-state index in [-0.39, 0.29) is 10.0 Å². The van der Waals surface area contributed by atoms with Crippen molar-refractivity contribution in [2.45, 2.75) is 25.7 Å². The van der Waals surface area contributed by atoms with Crippen molar-refractivity contribution >= 4 is 38.3 Å². The summed E-state index contributed by atoms with van der Waals surface area (Å²) in [5.74, 6) is -1.01. The van der Waals surface area contributed by atoms with Gasteiger partial charge in [-0.3, -0.25) is 10.1 Å². The maximum absolute atomic E-state index is 13.9. The van der Waals surface area contributed by atoms with Crippen LogP contribution in [0, 0.1) is 5.82 Å². The van der Waals surface area contributed by atoms with Gasteiger partial charge in [-0.05, 0) is 53.7 Å². The van der Waals surface area contributed by atoms with Crippen LogP contribution in [-0.2, 0) is 12.8 Å². The van der Waals surface area contributed by atoms with Gasteiger partial charge in [-0.15, -0.1) is 11.3 Å². The molecule has 0 bridgehead atoms. The van der Waals surface area contributed by atoms with Gasteiger partial charge in [0.15, 0.2) is 5.13 Å². The highest BCUT2D eigenvalue weighted by atomic mass is 79.9. The number of aryl methyl sites for hydroxylation is 2. The number of thiazole rings is 1. The number of amides is 1. The second-order valence-electron chi connectivity index (χ2n) is 4.65. The fourth-order valence-electron chi connectivity index (χ4n) is 2.25. The zero-order valence-electron chi connectivity index (χ0n) is 10.6. The largest absolute Gasteiger partial charge is 0.298 e. The molecule has 2 aromatic rings. The molecular weight excluding hydrogens is 343 g/mol. The highest BCUT2D eigenvalue weighted by Gasteiger charge is 2.18. The van der Waals surface area contributed by atoms with Gasteiger partial charge in [0.05, 0.1) is 15.7 Å². The van der Waals surface area contributed by atoms with Gasteiger partial charge in [0.1, 0.15) is 5.82 Å². The van der Waals surface area contributed by atoms with Crippen LogP contribution in [0.5, 0.6) is 0 Å². The summed E-state index contributed by atoms with van der Waals surface area (Å²) in [7, 11) is 0. The normalized spacial score (nSPS) is 13.9. The van der Waals surface area contributed by atoms with E-state index in [1.165, 1.54) is 28.7 Å². The van der Waals surface area contributed by atoms with Crippen LogP contribution in [0.4, 0.5) is 9.52 Å². The number of fused-ring (bicyclic) bond motifs is 1. The molecule has 3 nitrogen and oxygen atoms in total. The van der Waals surface area contributed by atoms with Gasteiger partial charge >= 0.3 is 0 Å². The Morgan fingerprint density at radius 3 is 2.95 bits per heavy atom. The first-order valence-electron chi connectivity index (χ1n) is 6.39. The van der Waals surface area contributed by atoms with Crippen LogP contribution in [0.15, 0.2) is 22.7 Å². The monoisotopic (exact) mass is 354 g/mol. The van der Waals surface area contributed by atoms with Crippen molar-refractivity contribution in [2.75, 3.05) is 5.32 Å². The van der Waals surface area contributed by atoms with E-state index in [4.69, 9.17) is 0 Å². The Kier molecular flexibility index (Phi) is 3.85. The molecule has 0 saturated heterocycles. The third kappa shape index (κ3) is 2.62. The molecule has 0 saturated carbocycles. The van der Waals surface area contributed by atoms with Gasteiger partial charge < -0.3 is 0 Å². The molecule has 1 amide bonds. The van der Waals surface area contributed by atoms with Gasteiger partial charge in [0.2, 0.25) is 0 Å². The number of benzene rings is 1. The molecule has 0 unspecified atom stereocenters. The van der Waals surface area contributed by atoms with Gasteiger partial charge in [0.25, 0.3) is 5.91 Å². The highest BCUT2D eigenvalue weighted by molar-refractivity contribution is 9.10. The minimum absolute atomic E-state index is 0.0209. The predicted molar refractivity (Wildman–Crippen MR) is 80.8 cm³/mol. The molecule has 3 rings (SSSR count). The summed E-state index contributed by atoms with van der Waals surface area (Å²) < 4.78 is 14.1. The average Bonchev–Trinajstić information content (AvgIpc) is 2.83. The Morgan fingerprint density at radius 1 is 1.35 bits per heavy atom. The first-order valence-corrected chi connectivity index (χ1v) is 8.00. The van der Waals surface area contributed by atoms with Gasteiger partial charge in [-0.2, -0.15) is 0 Å². The third-order valence-electron chi connectivity index (χ3n) is 3.26. The molecule has 1 aliphatic rings. The summed E-state index contributed by atoms with van der Waals surface area (Å²) in [6, 6.07) is 4.66. The predicted octanol–water partition coefficient (Wildman–Crippen LogP) is 4.18. The zero-order chi connectivity index (χ0) is 14.1. The number of nitrogens with zero attached hydrogens (tertiary/aromatic N) is 1. The maximum atomic E-state index is 13.9. The Morgan fingerprint density at radius 2 is 2.15 bits per heavy atom. The average molecular weight is 355 g/mol.